The lowest BCUT2D eigenvalue weighted by molar-refractivity contribution is -0.148. The Morgan fingerprint density at radius 3 is 2.03 bits per heavy atom. The van der Waals surface area contributed by atoms with Gasteiger partial charge in [-0.15, -0.1) is 0 Å². The van der Waals surface area contributed by atoms with E-state index in [-0.39, 0.29) is 53.0 Å². The maximum Gasteiger partial charge on any atom is 0.285 e. The minimum Gasteiger partial charge on any atom is -0.363 e. The highest BCUT2D eigenvalue weighted by Crippen LogP contribution is 2.65. The molecule has 1 saturated heterocycles. The standard InChI is InChI=1S/C30H48N2O5/c1-28(2,3)15-19(33)14-20(29(4,5)6)27(37)32-16-21-23(30(21,7)8)24(32)22(34)13-18(25(35)26(31)36)12-17-10-9-11-17/h17-18,20-21,23-24H,9-16H2,1-8H3,(H2,31,36)/t18?,20?,21?,23?,24-/m1/s1. The van der Waals surface area contributed by atoms with E-state index in [4.69, 9.17) is 5.73 Å². The predicted molar refractivity (Wildman–Crippen MR) is 142 cm³/mol. The van der Waals surface area contributed by atoms with Crippen molar-refractivity contribution in [1.29, 1.82) is 0 Å². The molecule has 3 rings (SSSR count). The molecule has 208 valence electrons. The number of primary amides is 1. The van der Waals surface area contributed by atoms with Crippen molar-refractivity contribution in [2.24, 2.45) is 51.6 Å². The van der Waals surface area contributed by atoms with Gasteiger partial charge in [-0.1, -0.05) is 74.7 Å². The Hall–Kier alpha value is -2.05. The third-order valence-corrected chi connectivity index (χ3v) is 9.23. The van der Waals surface area contributed by atoms with Gasteiger partial charge in [-0.05, 0) is 40.4 Å². The van der Waals surface area contributed by atoms with Crippen LogP contribution in [0.4, 0.5) is 0 Å². The number of fused-ring (bicyclic) bond motifs is 1. The molecule has 0 spiro atoms. The average Bonchev–Trinajstić information content (AvgIpc) is 3.06. The van der Waals surface area contributed by atoms with Crippen LogP contribution in [0, 0.1) is 45.8 Å². The van der Waals surface area contributed by atoms with Crippen LogP contribution in [0.2, 0.25) is 0 Å². The molecular weight excluding hydrogens is 468 g/mol. The van der Waals surface area contributed by atoms with E-state index in [1.807, 2.05) is 41.5 Å². The normalized spacial score (nSPS) is 26.6. The summed E-state index contributed by atoms with van der Waals surface area (Å²) in [6, 6.07) is -0.625. The fraction of sp³-hybridized carbons (Fsp3) is 0.833. The number of hydrogen-bond donors (Lipinski definition) is 1. The van der Waals surface area contributed by atoms with E-state index in [1.54, 1.807) is 4.90 Å². The van der Waals surface area contributed by atoms with Gasteiger partial charge in [0.05, 0.1) is 6.04 Å². The second-order valence-electron chi connectivity index (χ2n) is 14.9. The Morgan fingerprint density at radius 2 is 1.57 bits per heavy atom. The van der Waals surface area contributed by atoms with E-state index in [9.17, 15) is 24.0 Å². The SMILES string of the molecule is CC(C)(C)CC(=O)CC(C(=O)N1CC2C([C@H]1C(=O)CC(CC1CCC1)C(=O)C(N)=O)C2(C)C)C(C)(C)C. The minimum atomic E-state index is -0.994. The Balaban J connectivity index is 1.83. The first kappa shape index (κ1) is 29.5. The molecule has 37 heavy (non-hydrogen) atoms. The predicted octanol–water partition coefficient (Wildman–Crippen LogP) is 4.35. The number of Topliss-reactive ketones (excluding diaryl/α,β-unsaturated/α-hetero) is 3. The third-order valence-electron chi connectivity index (χ3n) is 9.23. The Morgan fingerprint density at radius 1 is 0.973 bits per heavy atom. The van der Waals surface area contributed by atoms with Gasteiger partial charge in [0.15, 0.2) is 5.78 Å². The van der Waals surface area contributed by atoms with E-state index in [2.05, 4.69) is 13.8 Å². The maximum absolute atomic E-state index is 14.0. The Bertz CT molecular complexity index is 950. The van der Waals surface area contributed by atoms with Crippen LogP contribution in [0.3, 0.4) is 0 Å². The summed E-state index contributed by atoms with van der Waals surface area (Å²) in [6.45, 7) is 16.7. The van der Waals surface area contributed by atoms with Gasteiger partial charge in [-0.3, -0.25) is 24.0 Å². The molecule has 3 aliphatic rings. The van der Waals surface area contributed by atoms with Crippen LogP contribution in [0.25, 0.3) is 0 Å². The molecule has 1 aliphatic heterocycles. The Labute approximate surface area is 222 Å². The highest BCUT2D eigenvalue weighted by atomic mass is 16.2. The molecule has 7 nitrogen and oxygen atoms in total. The van der Waals surface area contributed by atoms with Gasteiger partial charge in [-0.25, -0.2) is 0 Å². The first-order valence-corrected chi connectivity index (χ1v) is 14.0. The number of nitrogens with zero attached hydrogens (tertiary/aromatic N) is 1. The molecule has 2 aliphatic carbocycles. The van der Waals surface area contributed by atoms with Crippen LogP contribution in [0.1, 0.15) is 100 Å². The second kappa shape index (κ2) is 10.3. The van der Waals surface area contributed by atoms with Gasteiger partial charge in [0.2, 0.25) is 11.7 Å². The number of piperidine rings is 1. The van der Waals surface area contributed by atoms with Crippen molar-refractivity contribution in [3.05, 3.63) is 0 Å². The molecule has 2 amide bonds. The molecule has 0 aromatic rings. The van der Waals surface area contributed by atoms with Gasteiger partial charge in [-0.2, -0.15) is 0 Å². The summed E-state index contributed by atoms with van der Waals surface area (Å²) in [4.78, 5) is 66.9. The van der Waals surface area contributed by atoms with E-state index >= 15 is 0 Å². The topological polar surface area (TPSA) is 115 Å². The molecule has 1 heterocycles. The highest BCUT2D eigenvalue weighted by Gasteiger charge is 2.69. The van der Waals surface area contributed by atoms with E-state index in [0.29, 0.717) is 25.3 Å². The number of likely N-dealkylation sites (tertiary alicyclic amines) is 1. The van der Waals surface area contributed by atoms with Crippen LogP contribution in [-0.2, 0) is 24.0 Å². The summed E-state index contributed by atoms with van der Waals surface area (Å²) < 4.78 is 0. The van der Waals surface area contributed by atoms with E-state index in [0.717, 1.165) is 19.3 Å². The van der Waals surface area contributed by atoms with Crippen LogP contribution >= 0.6 is 0 Å². The lowest BCUT2D eigenvalue weighted by Gasteiger charge is -2.38. The van der Waals surface area contributed by atoms with Crippen molar-refractivity contribution in [1.82, 2.24) is 4.90 Å². The molecule has 0 radical (unpaired) electrons. The number of carbonyl (C=O) groups excluding carboxylic acids is 5. The van der Waals surface area contributed by atoms with Crippen LogP contribution in [0.5, 0.6) is 0 Å². The molecule has 2 saturated carbocycles. The van der Waals surface area contributed by atoms with E-state index in [1.165, 1.54) is 0 Å². The van der Waals surface area contributed by atoms with E-state index < -0.39 is 35.0 Å². The summed E-state index contributed by atoms with van der Waals surface area (Å²) in [7, 11) is 0. The fourth-order valence-corrected chi connectivity index (χ4v) is 6.72. The molecular formula is C30H48N2O5. The average molecular weight is 517 g/mol. The Kier molecular flexibility index (Phi) is 8.18. The van der Waals surface area contributed by atoms with Gasteiger partial charge in [0.1, 0.15) is 5.78 Å². The summed E-state index contributed by atoms with van der Waals surface area (Å²) in [5, 5.41) is 0. The first-order valence-electron chi connectivity index (χ1n) is 14.0. The second-order valence-corrected chi connectivity index (χ2v) is 14.9. The lowest BCUT2D eigenvalue weighted by Crippen LogP contribution is -2.51. The number of amides is 2. The monoisotopic (exact) mass is 516 g/mol. The number of carbonyl (C=O) groups is 5. The minimum absolute atomic E-state index is 0.0304. The summed E-state index contributed by atoms with van der Waals surface area (Å²) in [6.07, 6.45) is 4.08. The molecule has 5 atom stereocenters. The first-order chi connectivity index (χ1) is 16.8. The molecule has 0 aromatic heterocycles. The van der Waals surface area contributed by atoms with Crippen molar-refractivity contribution in [2.45, 2.75) is 106 Å². The fourth-order valence-electron chi connectivity index (χ4n) is 6.72. The van der Waals surface area contributed by atoms with Crippen molar-refractivity contribution < 1.29 is 24.0 Å². The smallest absolute Gasteiger partial charge is 0.285 e. The van der Waals surface area contributed by atoms with Gasteiger partial charge in [0.25, 0.3) is 5.91 Å². The maximum atomic E-state index is 14.0. The molecule has 0 aromatic carbocycles. The van der Waals surface area contributed by atoms with Crippen molar-refractivity contribution in [3.63, 3.8) is 0 Å². The number of ketones is 3. The summed E-state index contributed by atoms with van der Waals surface area (Å²) >= 11 is 0. The number of rotatable bonds is 11. The highest BCUT2D eigenvalue weighted by molar-refractivity contribution is 6.36. The zero-order valence-electron chi connectivity index (χ0n) is 24.2. The lowest BCUT2D eigenvalue weighted by atomic mass is 9.74. The largest absolute Gasteiger partial charge is 0.363 e. The molecule has 0 bridgehead atoms. The number of nitrogens with two attached hydrogens (primary N) is 1. The molecule has 7 heteroatoms. The summed E-state index contributed by atoms with van der Waals surface area (Å²) in [5.74, 6) is -2.58. The van der Waals surface area contributed by atoms with Gasteiger partial charge in [0, 0.05) is 37.6 Å². The number of hydrogen-bond acceptors (Lipinski definition) is 5. The summed E-state index contributed by atoms with van der Waals surface area (Å²) in [5.41, 5.74) is 4.66. The van der Waals surface area contributed by atoms with Crippen molar-refractivity contribution >= 4 is 29.2 Å². The van der Waals surface area contributed by atoms with Crippen molar-refractivity contribution in [3.8, 4) is 0 Å². The van der Waals surface area contributed by atoms with Gasteiger partial charge < -0.3 is 10.6 Å². The molecule has 2 N–H and O–H groups in total. The van der Waals surface area contributed by atoms with Crippen LogP contribution < -0.4 is 5.73 Å². The zero-order valence-corrected chi connectivity index (χ0v) is 24.2. The molecule has 4 unspecified atom stereocenters. The van der Waals surface area contributed by atoms with Crippen LogP contribution in [-0.4, -0.2) is 46.7 Å². The quantitative estimate of drug-likeness (QED) is 0.410. The van der Waals surface area contributed by atoms with Crippen molar-refractivity contribution in [2.75, 3.05) is 6.54 Å². The molecule has 3 fully saturated rings. The van der Waals surface area contributed by atoms with Crippen LogP contribution in [0.15, 0.2) is 0 Å². The van der Waals surface area contributed by atoms with Gasteiger partial charge >= 0.3 is 0 Å². The third kappa shape index (κ3) is 6.51. The zero-order chi connectivity index (χ0) is 28.1.